The van der Waals surface area contributed by atoms with E-state index in [9.17, 15) is 13.9 Å². The van der Waals surface area contributed by atoms with Gasteiger partial charge in [-0.05, 0) is 51.4 Å². The molecule has 0 radical (unpaired) electrons. The number of aliphatic hydroxyl groups is 1. The standard InChI is InChI=1S/C27H33ClF2N6O2/c1-16-32-14-22(35(16)4)27(37,23-15-33-17(2)36(23)5)18-8-9-21-19(12-18)24(28)20(25(34-21)38-6)13-31-11-7-10-26(3,29)30/h8-9,12,14-15,31,37H,7,10-11,13H2,1-6H3. The van der Waals surface area contributed by atoms with Crippen LogP contribution in [0.15, 0.2) is 30.6 Å². The minimum absolute atomic E-state index is 0.205. The molecule has 0 aliphatic heterocycles. The van der Waals surface area contributed by atoms with Crippen molar-refractivity contribution in [3.8, 4) is 5.88 Å². The molecule has 8 nitrogen and oxygen atoms in total. The summed E-state index contributed by atoms with van der Waals surface area (Å²) in [5.41, 5.74) is 1.32. The molecule has 0 unspecified atom stereocenters. The summed E-state index contributed by atoms with van der Waals surface area (Å²) in [6, 6.07) is 5.41. The topological polar surface area (TPSA) is 90.0 Å². The van der Waals surface area contributed by atoms with Crippen LogP contribution in [0.25, 0.3) is 10.9 Å². The first kappa shape index (κ1) is 27.9. The predicted octanol–water partition coefficient (Wildman–Crippen LogP) is 4.79. The van der Waals surface area contributed by atoms with Gasteiger partial charge in [-0.25, -0.2) is 23.7 Å². The highest BCUT2D eigenvalue weighted by Crippen LogP contribution is 2.40. The summed E-state index contributed by atoms with van der Waals surface area (Å²) in [6.07, 6.45) is 3.43. The number of nitrogens with zero attached hydrogens (tertiary/aromatic N) is 5. The van der Waals surface area contributed by atoms with E-state index >= 15 is 0 Å². The minimum Gasteiger partial charge on any atom is -0.481 e. The zero-order valence-corrected chi connectivity index (χ0v) is 23.2. The highest BCUT2D eigenvalue weighted by atomic mass is 35.5. The minimum atomic E-state index is -2.70. The van der Waals surface area contributed by atoms with Gasteiger partial charge in [-0.1, -0.05) is 17.7 Å². The number of ether oxygens (including phenoxy) is 1. The molecule has 0 saturated carbocycles. The molecule has 4 rings (SSSR count). The second-order valence-electron chi connectivity index (χ2n) is 9.71. The number of benzene rings is 1. The Morgan fingerprint density at radius 2 is 1.68 bits per heavy atom. The molecule has 11 heteroatoms. The van der Waals surface area contributed by atoms with Crippen LogP contribution in [0.4, 0.5) is 8.78 Å². The molecule has 0 saturated heterocycles. The Morgan fingerprint density at radius 3 is 2.18 bits per heavy atom. The number of fused-ring (bicyclic) bond motifs is 1. The number of methoxy groups -OCH3 is 1. The van der Waals surface area contributed by atoms with E-state index in [4.69, 9.17) is 16.3 Å². The molecule has 204 valence electrons. The zero-order valence-electron chi connectivity index (χ0n) is 22.4. The van der Waals surface area contributed by atoms with Crippen molar-refractivity contribution >= 4 is 22.5 Å². The Kier molecular flexibility index (Phi) is 7.79. The highest BCUT2D eigenvalue weighted by Gasteiger charge is 2.40. The van der Waals surface area contributed by atoms with E-state index in [0.29, 0.717) is 57.3 Å². The molecule has 38 heavy (non-hydrogen) atoms. The SMILES string of the molecule is COc1nc2ccc(C(O)(c3cnc(C)n3C)c3cnc(C)n3C)cc2c(Cl)c1CNCCCC(C)(F)F. The van der Waals surface area contributed by atoms with Crippen LogP contribution >= 0.6 is 11.6 Å². The van der Waals surface area contributed by atoms with Gasteiger partial charge in [-0.2, -0.15) is 0 Å². The van der Waals surface area contributed by atoms with Crippen LogP contribution in [0, 0.1) is 13.8 Å². The Morgan fingerprint density at radius 1 is 1.08 bits per heavy atom. The van der Waals surface area contributed by atoms with Crippen molar-refractivity contribution in [2.75, 3.05) is 13.7 Å². The van der Waals surface area contributed by atoms with Gasteiger partial charge in [-0.15, -0.1) is 0 Å². The van der Waals surface area contributed by atoms with E-state index in [1.165, 1.54) is 7.11 Å². The first-order chi connectivity index (χ1) is 17.9. The summed E-state index contributed by atoms with van der Waals surface area (Å²) in [6.45, 7) is 5.33. The lowest BCUT2D eigenvalue weighted by molar-refractivity contribution is 0.0111. The van der Waals surface area contributed by atoms with Gasteiger partial charge in [-0.3, -0.25) is 0 Å². The van der Waals surface area contributed by atoms with Crippen molar-refractivity contribution in [2.24, 2.45) is 14.1 Å². The summed E-state index contributed by atoms with van der Waals surface area (Å²) in [5, 5.41) is 16.6. The van der Waals surface area contributed by atoms with Crippen molar-refractivity contribution in [1.82, 2.24) is 29.4 Å². The summed E-state index contributed by atoms with van der Waals surface area (Å²) in [7, 11) is 5.21. The van der Waals surface area contributed by atoms with Crippen LogP contribution in [0.3, 0.4) is 0 Å². The van der Waals surface area contributed by atoms with Gasteiger partial charge in [0.25, 0.3) is 0 Å². The second kappa shape index (κ2) is 10.6. The molecule has 1 aromatic carbocycles. The summed E-state index contributed by atoms with van der Waals surface area (Å²) < 4.78 is 35.5. The van der Waals surface area contributed by atoms with Crippen LogP contribution in [0.1, 0.15) is 53.9 Å². The second-order valence-corrected chi connectivity index (χ2v) is 10.1. The van der Waals surface area contributed by atoms with Crippen molar-refractivity contribution in [3.05, 3.63) is 69.8 Å². The molecule has 0 atom stereocenters. The van der Waals surface area contributed by atoms with E-state index in [2.05, 4.69) is 20.3 Å². The molecule has 4 aromatic rings. The molecule has 0 aliphatic rings. The molecule has 0 spiro atoms. The van der Waals surface area contributed by atoms with Crippen molar-refractivity contribution < 1.29 is 18.6 Å². The van der Waals surface area contributed by atoms with Gasteiger partial charge in [0.2, 0.25) is 11.8 Å². The van der Waals surface area contributed by atoms with Gasteiger partial charge in [0.05, 0.1) is 41.4 Å². The van der Waals surface area contributed by atoms with E-state index < -0.39 is 11.5 Å². The van der Waals surface area contributed by atoms with Crippen LogP contribution in [0.2, 0.25) is 5.02 Å². The third-order valence-electron chi connectivity index (χ3n) is 7.04. The molecule has 3 aromatic heterocycles. The fourth-order valence-electron chi connectivity index (χ4n) is 4.63. The maximum atomic E-state index is 13.2. The molecular weight excluding hydrogens is 514 g/mol. The quantitative estimate of drug-likeness (QED) is 0.278. The fourth-order valence-corrected chi connectivity index (χ4v) is 4.93. The summed E-state index contributed by atoms with van der Waals surface area (Å²) in [5.74, 6) is -0.857. The van der Waals surface area contributed by atoms with Gasteiger partial charge >= 0.3 is 0 Å². The highest BCUT2D eigenvalue weighted by molar-refractivity contribution is 6.36. The van der Waals surface area contributed by atoms with Crippen LogP contribution in [-0.2, 0) is 26.2 Å². The molecule has 0 bridgehead atoms. The smallest absolute Gasteiger partial charge is 0.245 e. The lowest BCUT2D eigenvalue weighted by Gasteiger charge is -2.30. The number of aryl methyl sites for hydroxylation is 2. The molecular formula is C27H33ClF2N6O2. The third kappa shape index (κ3) is 5.12. The number of imidazole rings is 2. The maximum absolute atomic E-state index is 13.2. The number of halogens is 3. The van der Waals surface area contributed by atoms with Gasteiger partial charge < -0.3 is 24.3 Å². The summed E-state index contributed by atoms with van der Waals surface area (Å²) in [4.78, 5) is 13.4. The average Bonchev–Trinajstić information content (AvgIpc) is 3.39. The summed E-state index contributed by atoms with van der Waals surface area (Å²) >= 11 is 6.90. The van der Waals surface area contributed by atoms with E-state index in [-0.39, 0.29) is 13.0 Å². The Hall–Kier alpha value is -3.08. The molecule has 0 aliphatic carbocycles. The van der Waals surface area contributed by atoms with E-state index in [1.54, 1.807) is 24.5 Å². The number of hydrogen-bond acceptors (Lipinski definition) is 6. The van der Waals surface area contributed by atoms with Crippen molar-refractivity contribution in [2.45, 2.75) is 51.7 Å². The lowest BCUT2D eigenvalue weighted by Crippen LogP contribution is -2.33. The normalized spacial score (nSPS) is 12.5. The van der Waals surface area contributed by atoms with E-state index in [0.717, 1.165) is 18.6 Å². The zero-order chi connectivity index (χ0) is 27.8. The average molecular weight is 547 g/mol. The van der Waals surface area contributed by atoms with Gasteiger partial charge in [0, 0.05) is 38.0 Å². The maximum Gasteiger partial charge on any atom is 0.245 e. The van der Waals surface area contributed by atoms with Gasteiger partial charge in [0.15, 0.2) is 5.60 Å². The van der Waals surface area contributed by atoms with Crippen LogP contribution in [0.5, 0.6) is 5.88 Å². The number of alkyl halides is 2. The molecule has 2 N–H and O–H groups in total. The van der Waals surface area contributed by atoms with Crippen molar-refractivity contribution in [3.63, 3.8) is 0 Å². The Balaban J connectivity index is 1.80. The number of rotatable bonds is 10. The number of pyridine rings is 1. The monoisotopic (exact) mass is 546 g/mol. The third-order valence-corrected chi connectivity index (χ3v) is 7.47. The largest absolute Gasteiger partial charge is 0.481 e. The first-order valence-electron chi connectivity index (χ1n) is 12.3. The first-order valence-corrected chi connectivity index (χ1v) is 12.7. The molecule has 0 amide bonds. The number of aromatic nitrogens is 5. The lowest BCUT2D eigenvalue weighted by atomic mass is 9.86. The van der Waals surface area contributed by atoms with Gasteiger partial charge in [0.1, 0.15) is 11.6 Å². The Labute approximate surface area is 225 Å². The van der Waals surface area contributed by atoms with Crippen molar-refractivity contribution in [1.29, 1.82) is 0 Å². The number of nitrogens with one attached hydrogen (secondary N) is 1. The van der Waals surface area contributed by atoms with E-state index in [1.807, 2.05) is 43.1 Å². The Bertz CT molecular complexity index is 1410. The molecule has 3 heterocycles. The van der Waals surface area contributed by atoms with Crippen LogP contribution < -0.4 is 10.1 Å². The predicted molar refractivity (Wildman–Crippen MR) is 143 cm³/mol. The van der Waals surface area contributed by atoms with Crippen LogP contribution in [-0.4, -0.2) is 48.8 Å². The fraction of sp³-hybridized carbons (Fsp3) is 0.444. The number of hydrogen-bond donors (Lipinski definition) is 2. The molecule has 0 fully saturated rings.